The van der Waals surface area contributed by atoms with Gasteiger partial charge in [0.1, 0.15) is 13.2 Å². The summed E-state index contributed by atoms with van der Waals surface area (Å²) >= 11 is 0. The number of nitrogens with zero attached hydrogens (tertiary/aromatic N) is 3. The van der Waals surface area contributed by atoms with Crippen LogP contribution in [-0.2, 0) is 19.0 Å². The van der Waals surface area contributed by atoms with E-state index in [9.17, 15) is 24.9 Å². The first-order valence-corrected chi connectivity index (χ1v) is 12.7. The summed E-state index contributed by atoms with van der Waals surface area (Å²) in [6.45, 7) is 2.47. The molecule has 204 valence electrons. The van der Waals surface area contributed by atoms with Crippen LogP contribution in [0.1, 0.15) is 39.1 Å². The number of ether oxygens (including phenoxy) is 3. The predicted octanol–water partition coefficient (Wildman–Crippen LogP) is 4.52. The van der Waals surface area contributed by atoms with E-state index in [0.29, 0.717) is 35.5 Å². The molecule has 9 heteroatoms. The molecule has 40 heavy (non-hydrogen) atoms. The maximum absolute atomic E-state index is 12.4. The summed E-state index contributed by atoms with van der Waals surface area (Å²) in [6.07, 6.45) is 0. The van der Waals surface area contributed by atoms with Crippen LogP contribution in [0.2, 0.25) is 0 Å². The number of carbonyl (C=O) groups excluding carboxylic acids is 3. The molecule has 9 nitrogen and oxygen atoms in total. The monoisotopic (exact) mass is 539 g/mol. The number of rotatable bonds is 13. The van der Waals surface area contributed by atoms with Crippen molar-refractivity contribution in [3.63, 3.8) is 0 Å². The number of anilines is 1. The molecule has 0 heterocycles. The van der Waals surface area contributed by atoms with Gasteiger partial charge < -0.3 is 19.1 Å². The fourth-order valence-electron chi connectivity index (χ4n) is 3.91. The Kier molecular flexibility index (Phi) is 11.3. The van der Waals surface area contributed by atoms with Gasteiger partial charge in [0.15, 0.2) is 5.92 Å². The second-order valence-electron chi connectivity index (χ2n) is 8.55. The van der Waals surface area contributed by atoms with E-state index >= 15 is 0 Å². The van der Waals surface area contributed by atoms with Crippen molar-refractivity contribution >= 4 is 23.6 Å². The molecule has 0 saturated carbocycles. The number of hydrogen-bond donors (Lipinski definition) is 0. The second-order valence-corrected chi connectivity index (χ2v) is 8.55. The summed E-state index contributed by atoms with van der Waals surface area (Å²) in [4.78, 5) is 38.8. The Morgan fingerprint density at radius 1 is 0.725 bits per heavy atom. The van der Waals surface area contributed by atoms with Gasteiger partial charge in [-0.05, 0) is 48.9 Å². The Morgan fingerprint density at radius 2 is 1.23 bits per heavy atom. The molecule has 3 rings (SSSR count). The van der Waals surface area contributed by atoms with Gasteiger partial charge in [0, 0.05) is 5.69 Å². The zero-order chi connectivity index (χ0) is 28.7. The third-order valence-corrected chi connectivity index (χ3v) is 5.98. The van der Waals surface area contributed by atoms with Crippen LogP contribution in [0, 0.1) is 28.6 Å². The van der Waals surface area contributed by atoms with Crippen LogP contribution in [0.25, 0.3) is 0 Å². The van der Waals surface area contributed by atoms with E-state index in [1.165, 1.54) is 0 Å². The van der Waals surface area contributed by atoms with Crippen LogP contribution in [-0.4, -0.2) is 50.8 Å². The first kappa shape index (κ1) is 29.4. The third-order valence-electron chi connectivity index (χ3n) is 5.98. The molecule has 0 aliphatic heterocycles. The minimum atomic E-state index is -1.26. The van der Waals surface area contributed by atoms with E-state index in [0.717, 1.165) is 0 Å². The van der Waals surface area contributed by atoms with E-state index in [2.05, 4.69) is 0 Å². The highest BCUT2D eigenvalue weighted by Gasteiger charge is 2.31. The molecule has 0 amide bonds. The highest BCUT2D eigenvalue weighted by Crippen LogP contribution is 2.27. The van der Waals surface area contributed by atoms with Crippen LogP contribution in [0.3, 0.4) is 0 Å². The van der Waals surface area contributed by atoms with Crippen molar-refractivity contribution in [1.29, 1.82) is 10.5 Å². The van der Waals surface area contributed by atoms with Crippen molar-refractivity contribution in [2.24, 2.45) is 5.92 Å². The van der Waals surface area contributed by atoms with Gasteiger partial charge in [0.25, 0.3) is 0 Å². The summed E-state index contributed by atoms with van der Waals surface area (Å²) in [5.41, 5.74) is 2.06. The minimum Gasteiger partial charge on any atom is -0.465 e. The highest BCUT2D eigenvalue weighted by atomic mass is 16.5. The number of hydrogen-bond acceptors (Lipinski definition) is 9. The molecule has 0 radical (unpaired) electrons. The average Bonchev–Trinajstić information content (AvgIpc) is 3.00. The molecule has 0 N–H and O–H groups in total. The van der Waals surface area contributed by atoms with Gasteiger partial charge in [0.2, 0.25) is 0 Å². The molecule has 0 aliphatic carbocycles. The SMILES string of the molecule is CCOC(=O)C(C#N)C(C#N)c1ccc(N(CCOC(=O)c2ccccc2)CCOC(=O)c2ccccc2)cc1. The molecule has 3 aromatic rings. The van der Waals surface area contributed by atoms with Gasteiger partial charge in [-0.1, -0.05) is 48.5 Å². The molecule has 0 saturated heterocycles. The van der Waals surface area contributed by atoms with Gasteiger partial charge >= 0.3 is 17.9 Å². The number of benzene rings is 3. The lowest BCUT2D eigenvalue weighted by molar-refractivity contribution is -0.146. The molecular formula is C31H29N3O6. The van der Waals surface area contributed by atoms with Crippen molar-refractivity contribution < 1.29 is 28.6 Å². The first-order valence-electron chi connectivity index (χ1n) is 12.7. The summed E-state index contributed by atoms with van der Waals surface area (Å²) in [5, 5.41) is 19.2. The third kappa shape index (κ3) is 8.17. The number of esters is 3. The molecule has 0 spiro atoms. The normalized spacial score (nSPS) is 11.7. The van der Waals surface area contributed by atoms with Crippen molar-refractivity contribution in [2.75, 3.05) is 37.8 Å². The predicted molar refractivity (Wildman–Crippen MR) is 146 cm³/mol. The van der Waals surface area contributed by atoms with E-state index in [-0.39, 0.29) is 19.8 Å². The lowest BCUT2D eigenvalue weighted by atomic mass is 9.88. The molecule has 2 atom stereocenters. The topological polar surface area (TPSA) is 130 Å². The van der Waals surface area contributed by atoms with E-state index < -0.39 is 29.7 Å². The van der Waals surface area contributed by atoms with Crippen LogP contribution < -0.4 is 4.90 Å². The van der Waals surface area contributed by atoms with Crippen molar-refractivity contribution in [3.05, 3.63) is 102 Å². The Labute approximate surface area is 233 Å². The molecule has 2 unspecified atom stereocenters. The standard InChI is InChI=1S/C31H29N3O6/c1-2-38-31(37)28(22-33)27(21-32)23-13-15-26(16-14-23)34(17-19-39-29(35)24-9-5-3-6-10-24)18-20-40-30(36)25-11-7-4-8-12-25/h3-16,27-28H,2,17-20H2,1H3. The van der Waals surface area contributed by atoms with Gasteiger partial charge in [-0.2, -0.15) is 10.5 Å². The Morgan fingerprint density at radius 3 is 1.65 bits per heavy atom. The minimum absolute atomic E-state index is 0.0717. The van der Waals surface area contributed by atoms with Crippen LogP contribution in [0.15, 0.2) is 84.9 Å². The average molecular weight is 540 g/mol. The molecule has 0 aromatic heterocycles. The summed E-state index contributed by atoms with van der Waals surface area (Å²) in [7, 11) is 0. The zero-order valence-electron chi connectivity index (χ0n) is 22.1. The summed E-state index contributed by atoms with van der Waals surface area (Å²) in [6, 6.07) is 28.0. The summed E-state index contributed by atoms with van der Waals surface area (Å²) in [5.74, 6) is -3.93. The van der Waals surface area contributed by atoms with Crippen molar-refractivity contribution in [3.8, 4) is 12.1 Å². The maximum Gasteiger partial charge on any atom is 0.338 e. The molecule has 0 bridgehead atoms. The highest BCUT2D eigenvalue weighted by molar-refractivity contribution is 5.89. The Hall–Kier alpha value is -5.15. The molecule has 0 fully saturated rings. The van der Waals surface area contributed by atoms with Gasteiger partial charge in [0.05, 0.1) is 48.9 Å². The number of nitriles is 2. The first-order chi connectivity index (χ1) is 19.5. The maximum atomic E-state index is 12.4. The lowest BCUT2D eigenvalue weighted by Gasteiger charge is -2.25. The van der Waals surface area contributed by atoms with Gasteiger partial charge in [-0.15, -0.1) is 0 Å². The second kappa shape index (κ2) is 15.3. The van der Waals surface area contributed by atoms with Crippen LogP contribution in [0.4, 0.5) is 5.69 Å². The largest absolute Gasteiger partial charge is 0.465 e. The van der Waals surface area contributed by atoms with Crippen molar-refractivity contribution in [1.82, 2.24) is 0 Å². The quantitative estimate of drug-likeness (QED) is 0.227. The van der Waals surface area contributed by atoms with E-state index in [4.69, 9.17) is 14.2 Å². The van der Waals surface area contributed by atoms with Gasteiger partial charge in [-0.25, -0.2) is 9.59 Å². The fraction of sp³-hybridized carbons (Fsp3) is 0.258. The van der Waals surface area contributed by atoms with Crippen molar-refractivity contribution in [2.45, 2.75) is 12.8 Å². The molecular weight excluding hydrogens is 510 g/mol. The lowest BCUT2D eigenvalue weighted by Crippen LogP contribution is -2.32. The summed E-state index contributed by atoms with van der Waals surface area (Å²) < 4.78 is 15.8. The smallest absolute Gasteiger partial charge is 0.338 e. The molecule has 0 aliphatic rings. The Balaban J connectivity index is 1.71. The zero-order valence-corrected chi connectivity index (χ0v) is 22.1. The fourth-order valence-corrected chi connectivity index (χ4v) is 3.91. The van der Waals surface area contributed by atoms with Crippen LogP contribution in [0.5, 0.6) is 0 Å². The van der Waals surface area contributed by atoms with E-state index in [1.54, 1.807) is 91.9 Å². The van der Waals surface area contributed by atoms with E-state index in [1.807, 2.05) is 17.0 Å². The Bertz CT molecular complexity index is 1290. The molecule has 3 aromatic carbocycles. The van der Waals surface area contributed by atoms with Gasteiger partial charge in [-0.3, -0.25) is 4.79 Å². The number of carbonyl (C=O) groups is 3. The van der Waals surface area contributed by atoms with Crippen LogP contribution >= 0.6 is 0 Å².